The summed E-state index contributed by atoms with van der Waals surface area (Å²) in [4.78, 5) is 18.3. The molecule has 2 rings (SSSR count). The smallest absolute Gasteiger partial charge is 0.255 e. The minimum Gasteiger partial charge on any atom is -0.397 e. The monoisotopic (exact) mass is 249 g/mol. The molecule has 18 heavy (non-hydrogen) atoms. The summed E-state index contributed by atoms with van der Waals surface area (Å²) in [5.74, 6) is 0.404. The first-order valence-electron chi connectivity index (χ1n) is 6.24. The standard InChI is InChI=1S/C13H19N3O2/c1-9-12(6-11(14)7-15-9)13(18)16-4-2-10(8-16)3-5-17/h6-7,10,17H,2-5,8,14H2,1H3. The van der Waals surface area contributed by atoms with Crippen LogP contribution in [-0.4, -0.2) is 40.6 Å². The van der Waals surface area contributed by atoms with Gasteiger partial charge in [0, 0.05) is 19.7 Å². The molecule has 1 aliphatic heterocycles. The van der Waals surface area contributed by atoms with Crippen molar-refractivity contribution in [3.05, 3.63) is 23.5 Å². The third-order valence-corrected chi connectivity index (χ3v) is 3.45. The molecule has 3 N–H and O–H groups in total. The Morgan fingerprint density at radius 1 is 1.67 bits per heavy atom. The molecule has 1 aliphatic rings. The molecule has 1 unspecified atom stereocenters. The lowest BCUT2D eigenvalue weighted by Gasteiger charge is -2.17. The van der Waals surface area contributed by atoms with Crippen LogP contribution in [-0.2, 0) is 0 Å². The Morgan fingerprint density at radius 2 is 2.44 bits per heavy atom. The van der Waals surface area contributed by atoms with Crippen molar-refractivity contribution in [1.29, 1.82) is 0 Å². The number of amides is 1. The van der Waals surface area contributed by atoms with Gasteiger partial charge in [0.15, 0.2) is 0 Å². The predicted octanol–water partition coefficient (Wildman–Crippen LogP) is 0.817. The highest BCUT2D eigenvalue weighted by Crippen LogP contribution is 2.22. The van der Waals surface area contributed by atoms with Gasteiger partial charge >= 0.3 is 0 Å². The molecule has 2 heterocycles. The number of nitrogens with two attached hydrogens (primary N) is 1. The molecule has 0 saturated carbocycles. The van der Waals surface area contributed by atoms with E-state index < -0.39 is 0 Å². The summed E-state index contributed by atoms with van der Waals surface area (Å²) in [6.45, 7) is 3.46. The van der Waals surface area contributed by atoms with E-state index in [1.54, 1.807) is 12.3 Å². The average molecular weight is 249 g/mol. The number of aromatic nitrogens is 1. The number of carbonyl (C=O) groups excluding carboxylic acids is 1. The van der Waals surface area contributed by atoms with E-state index in [0.29, 0.717) is 29.4 Å². The van der Waals surface area contributed by atoms with Gasteiger partial charge in [0.25, 0.3) is 5.91 Å². The van der Waals surface area contributed by atoms with Gasteiger partial charge in [-0.2, -0.15) is 0 Å². The number of nitrogen functional groups attached to an aromatic ring is 1. The highest BCUT2D eigenvalue weighted by Gasteiger charge is 2.27. The summed E-state index contributed by atoms with van der Waals surface area (Å²) in [5.41, 5.74) is 7.47. The number of rotatable bonds is 3. The molecule has 98 valence electrons. The lowest BCUT2D eigenvalue weighted by atomic mass is 10.1. The third-order valence-electron chi connectivity index (χ3n) is 3.45. The molecular weight excluding hydrogens is 230 g/mol. The maximum absolute atomic E-state index is 12.3. The minimum atomic E-state index is -0.00672. The molecular formula is C13H19N3O2. The highest BCUT2D eigenvalue weighted by atomic mass is 16.3. The van der Waals surface area contributed by atoms with Crippen molar-refractivity contribution >= 4 is 11.6 Å². The molecule has 0 aromatic carbocycles. The number of anilines is 1. The van der Waals surface area contributed by atoms with Crippen LogP contribution in [0.25, 0.3) is 0 Å². The highest BCUT2D eigenvalue weighted by molar-refractivity contribution is 5.96. The van der Waals surface area contributed by atoms with Gasteiger partial charge in [-0.1, -0.05) is 0 Å². The van der Waals surface area contributed by atoms with Crippen LogP contribution in [0.15, 0.2) is 12.3 Å². The van der Waals surface area contributed by atoms with Gasteiger partial charge in [-0.3, -0.25) is 9.78 Å². The second-order valence-electron chi connectivity index (χ2n) is 4.82. The van der Waals surface area contributed by atoms with E-state index in [-0.39, 0.29) is 12.5 Å². The Morgan fingerprint density at radius 3 is 3.17 bits per heavy atom. The fourth-order valence-electron chi connectivity index (χ4n) is 2.37. The number of aryl methyl sites for hydroxylation is 1. The van der Waals surface area contributed by atoms with Gasteiger partial charge in [0.2, 0.25) is 0 Å². The molecule has 0 spiro atoms. The normalized spacial score (nSPS) is 19.2. The molecule has 1 fully saturated rings. The number of pyridine rings is 1. The fraction of sp³-hybridized carbons (Fsp3) is 0.538. The Balaban J connectivity index is 2.10. The quantitative estimate of drug-likeness (QED) is 0.831. The zero-order valence-corrected chi connectivity index (χ0v) is 10.6. The molecule has 1 aromatic rings. The Hall–Kier alpha value is -1.62. The third kappa shape index (κ3) is 2.61. The molecule has 1 aromatic heterocycles. The van der Waals surface area contributed by atoms with Crippen LogP contribution in [0.5, 0.6) is 0 Å². The number of hydrogen-bond acceptors (Lipinski definition) is 4. The SMILES string of the molecule is Cc1ncc(N)cc1C(=O)N1CCC(CCO)C1. The first-order chi connectivity index (χ1) is 8.61. The lowest BCUT2D eigenvalue weighted by Crippen LogP contribution is -2.29. The maximum atomic E-state index is 12.3. The molecule has 5 heteroatoms. The van der Waals surface area contributed by atoms with Crippen molar-refractivity contribution in [2.75, 3.05) is 25.4 Å². The van der Waals surface area contributed by atoms with Crippen molar-refractivity contribution in [2.24, 2.45) is 5.92 Å². The van der Waals surface area contributed by atoms with Gasteiger partial charge in [0.05, 0.1) is 23.1 Å². The summed E-state index contributed by atoms with van der Waals surface area (Å²) in [6.07, 6.45) is 3.28. The molecule has 0 radical (unpaired) electrons. The van der Waals surface area contributed by atoms with Crippen molar-refractivity contribution < 1.29 is 9.90 Å². The Bertz CT molecular complexity index is 448. The van der Waals surface area contributed by atoms with Crippen molar-refractivity contribution in [3.63, 3.8) is 0 Å². The summed E-state index contributed by atoms with van der Waals surface area (Å²) in [6, 6.07) is 1.68. The van der Waals surface area contributed by atoms with Crippen molar-refractivity contribution in [3.8, 4) is 0 Å². The van der Waals surface area contributed by atoms with Crippen molar-refractivity contribution in [2.45, 2.75) is 19.8 Å². The number of nitrogens with zero attached hydrogens (tertiary/aromatic N) is 2. The second-order valence-corrected chi connectivity index (χ2v) is 4.82. The van der Waals surface area contributed by atoms with Crippen LogP contribution in [0.4, 0.5) is 5.69 Å². The van der Waals surface area contributed by atoms with E-state index in [1.807, 2.05) is 11.8 Å². The van der Waals surface area contributed by atoms with Gasteiger partial charge in [-0.15, -0.1) is 0 Å². The number of aliphatic hydroxyl groups excluding tert-OH is 1. The Labute approximate surface area is 107 Å². The lowest BCUT2D eigenvalue weighted by molar-refractivity contribution is 0.0783. The van der Waals surface area contributed by atoms with Crippen LogP contribution in [0.2, 0.25) is 0 Å². The first-order valence-corrected chi connectivity index (χ1v) is 6.24. The molecule has 0 aliphatic carbocycles. The van der Waals surface area contributed by atoms with Gasteiger partial charge in [-0.05, 0) is 31.7 Å². The van der Waals surface area contributed by atoms with Crippen LogP contribution in [0.1, 0.15) is 28.9 Å². The number of likely N-dealkylation sites (tertiary alicyclic amines) is 1. The summed E-state index contributed by atoms with van der Waals surface area (Å²) in [7, 11) is 0. The van der Waals surface area contributed by atoms with E-state index in [1.165, 1.54) is 0 Å². The largest absolute Gasteiger partial charge is 0.397 e. The molecule has 5 nitrogen and oxygen atoms in total. The molecule has 1 saturated heterocycles. The molecule has 1 atom stereocenters. The molecule has 0 bridgehead atoms. The summed E-state index contributed by atoms with van der Waals surface area (Å²) < 4.78 is 0. The van der Waals surface area contributed by atoms with Gasteiger partial charge in [0.1, 0.15) is 0 Å². The Kier molecular flexibility index (Phi) is 3.81. The van der Waals surface area contributed by atoms with E-state index in [4.69, 9.17) is 10.8 Å². The minimum absolute atomic E-state index is 0.00672. The first kappa shape index (κ1) is 12.8. The fourth-order valence-corrected chi connectivity index (χ4v) is 2.37. The van der Waals surface area contributed by atoms with E-state index in [9.17, 15) is 4.79 Å². The number of aliphatic hydroxyl groups is 1. The number of hydrogen-bond donors (Lipinski definition) is 2. The number of carbonyl (C=O) groups is 1. The van der Waals surface area contributed by atoms with E-state index in [2.05, 4.69) is 4.98 Å². The second kappa shape index (κ2) is 5.35. The van der Waals surface area contributed by atoms with Crippen LogP contribution < -0.4 is 5.73 Å². The van der Waals surface area contributed by atoms with Gasteiger partial charge < -0.3 is 15.7 Å². The van der Waals surface area contributed by atoms with Crippen LogP contribution >= 0.6 is 0 Å². The molecule has 1 amide bonds. The average Bonchev–Trinajstić information content (AvgIpc) is 2.80. The van der Waals surface area contributed by atoms with Crippen LogP contribution in [0.3, 0.4) is 0 Å². The maximum Gasteiger partial charge on any atom is 0.255 e. The van der Waals surface area contributed by atoms with Gasteiger partial charge in [-0.25, -0.2) is 0 Å². The summed E-state index contributed by atoms with van der Waals surface area (Å²) in [5, 5.41) is 8.92. The zero-order chi connectivity index (χ0) is 13.1. The van der Waals surface area contributed by atoms with E-state index in [0.717, 1.165) is 19.4 Å². The van der Waals surface area contributed by atoms with Crippen LogP contribution in [0, 0.1) is 12.8 Å². The topological polar surface area (TPSA) is 79.5 Å². The zero-order valence-electron chi connectivity index (χ0n) is 10.6. The van der Waals surface area contributed by atoms with E-state index >= 15 is 0 Å². The van der Waals surface area contributed by atoms with Crippen molar-refractivity contribution in [1.82, 2.24) is 9.88 Å². The predicted molar refractivity (Wildman–Crippen MR) is 69.1 cm³/mol. The summed E-state index contributed by atoms with van der Waals surface area (Å²) >= 11 is 0.